The van der Waals surface area contributed by atoms with Gasteiger partial charge in [0.25, 0.3) is 0 Å². The molecule has 1 atom stereocenters. The van der Waals surface area contributed by atoms with E-state index in [4.69, 9.17) is 0 Å². The summed E-state index contributed by atoms with van der Waals surface area (Å²) in [5, 5.41) is 13.8. The molecule has 0 bridgehead atoms. The Hall–Kier alpha value is -1.62. The maximum atomic E-state index is 12.3. The number of piperidine rings is 1. The molecule has 1 aliphatic heterocycles. The molecule has 5 heteroatoms. The lowest BCUT2D eigenvalue weighted by Gasteiger charge is -2.41. The SMILES string of the molecule is C=CC[C@]1(CO)CCCN(C(=O)CCCn2cccn2)C1. The Kier molecular flexibility index (Phi) is 5.56. The number of carbonyl (C=O) groups excluding carboxylic acids is 1. The number of likely N-dealkylation sites (tertiary alicyclic amines) is 1. The minimum absolute atomic E-state index is 0.121. The van der Waals surface area contributed by atoms with Crippen LogP contribution in [-0.4, -0.2) is 45.4 Å². The van der Waals surface area contributed by atoms with Gasteiger partial charge in [-0.1, -0.05) is 6.08 Å². The van der Waals surface area contributed by atoms with Gasteiger partial charge in [0.1, 0.15) is 0 Å². The number of nitrogens with zero attached hydrogens (tertiary/aromatic N) is 3. The van der Waals surface area contributed by atoms with E-state index in [9.17, 15) is 9.90 Å². The zero-order valence-electron chi connectivity index (χ0n) is 12.6. The topological polar surface area (TPSA) is 58.4 Å². The standard InChI is InChI=1S/C16H25N3O2/c1-2-7-16(14-20)8-4-10-18(13-16)15(21)6-3-11-19-12-5-9-17-19/h2,5,9,12,20H,1,3-4,6-8,10-11,13-14H2/t16-/m0/s1. The normalized spacial score (nSPS) is 22.2. The van der Waals surface area contributed by atoms with Crippen LogP contribution in [0.1, 0.15) is 32.1 Å². The third-order valence-corrected chi connectivity index (χ3v) is 4.26. The quantitative estimate of drug-likeness (QED) is 0.780. The number of allylic oxidation sites excluding steroid dienone is 1. The molecule has 1 aromatic rings. The predicted octanol–water partition coefficient (Wildman–Crippen LogP) is 1.84. The van der Waals surface area contributed by atoms with Gasteiger partial charge >= 0.3 is 0 Å². The van der Waals surface area contributed by atoms with Crippen LogP contribution in [0.3, 0.4) is 0 Å². The lowest BCUT2D eigenvalue weighted by Crippen LogP contribution is -2.47. The fourth-order valence-corrected chi connectivity index (χ4v) is 3.07. The molecular formula is C16H25N3O2. The van der Waals surface area contributed by atoms with Crippen molar-refractivity contribution in [3.63, 3.8) is 0 Å². The first-order valence-electron chi connectivity index (χ1n) is 7.66. The molecule has 2 heterocycles. The number of carbonyl (C=O) groups is 1. The highest BCUT2D eigenvalue weighted by Crippen LogP contribution is 2.33. The summed E-state index contributed by atoms with van der Waals surface area (Å²) in [5.74, 6) is 0.184. The third-order valence-electron chi connectivity index (χ3n) is 4.26. The first-order chi connectivity index (χ1) is 10.2. The van der Waals surface area contributed by atoms with E-state index in [-0.39, 0.29) is 17.9 Å². The Morgan fingerprint density at radius 2 is 2.38 bits per heavy atom. The maximum Gasteiger partial charge on any atom is 0.222 e. The van der Waals surface area contributed by atoms with Gasteiger partial charge in [-0.2, -0.15) is 5.10 Å². The first-order valence-corrected chi connectivity index (χ1v) is 7.66. The minimum atomic E-state index is -0.183. The van der Waals surface area contributed by atoms with Gasteiger partial charge in [-0.25, -0.2) is 0 Å². The molecule has 1 N–H and O–H groups in total. The highest BCUT2D eigenvalue weighted by atomic mass is 16.3. The van der Waals surface area contributed by atoms with Crippen molar-refractivity contribution in [1.82, 2.24) is 14.7 Å². The predicted molar refractivity (Wildman–Crippen MR) is 81.6 cm³/mol. The van der Waals surface area contributed by atoms with Crippen molar-refractivity contribution >= 4 is 5.91 Å². The molecule has 5 nitrogen and oxygen atoms in total. The summed E-state index contributed by atoms with van der Waals surface area (Å²) in [6.07, 6.45) is 9.53. The van der Waals surface area contributed by atoms with E-state index in [1.807, 2.05) is 27.9 Å². The molecule has 0 saturated carbocycles. The number of aromatic nitrogens is 2. The van der Waals surface area contributed by atoms with Gasteiger partial charge in [0.05, 0.1) is 6.61 Å². The van der Waals surface area contributed by atoms with Crippen molar-refractivity contribution in [2.24, 2.45) is 5.41 Å². The number of rotatable bonds is 7. The van der Waals surface area contributed by atoms with E-state index >= 15 is 0 Å². The molecule has 0 aliphatic carbocycles. The van der Waals surface area contributed by atoms with Crippen LogP contribution in [0.5, 0.6) is 0 Å². The number of hydrogen-bond acceptors (Lipinski definition) is 3. The summed E-state index contributed by atoms with van der Waals surface area (Å²) in [6, 6.07) is 1.89. The monoisotopic (exact) mass is 291 g/mol. The molecule has 0 spiro atoms. The Morgan fingerprint density at radius 1 is 1.52 bits per heavy atom. The summed E-state index contributed by atoms with van der Waals surface area (Å²) >= 11 is 0. The van der Waals surface area contributed by atoms with Crippen molar-refractivity contribution in [3.05, 3.63) is 31.1 Å². The summed E-state index contributed by atoms with van der Waals surface area (Å²) < 4.78 is 1.85. The molecule has 0 aromatic carbocycles. The highest BCUT2D eigenvalue weighted by molar-refractivity contribution is 5.76. The van der Waals surface area contributed by atoms with Crippen molar-refractivity contribution in [3.8, 4) is 0 Å². The highest BCUT2D eigenvalue weighted by Gasteiger charge is 2.35. The van der Waals surface area contributed by atoms with Crippen molar-refractivity contribution < 1.29 is 9.90 Å². The van der Waals surface area contributed by atoms with Crippen molar-refractivity contribution in [1.29, 1.82) is 0 Å². The third kappa shape index (κ3) is 4.17. The number of hydrogen-bond donors (Lipinski definition) is 1. The molecule has 21 heavy (non-hydrogen) atoms. The zero-order valence-corrected chi connectivity index (χ0v) is 12.6. The second kappa shape index (κ2) is 7.41. The lowest BCUT2D eigenvalue weighted by molar-refractivity contribution is -0.135. The van der Waals surface area contributed by atoms with Crippen molar-refractivity contribution in [2.75, 3.05) is 19.7 Å². The van der Waals surface area contributed by atoms with Gasteiger partial charge in [0.15, 0.2) is 0 Å². The Balaban J connectivity index is 1.82. The average Bonchev–Trinajstić information content (AvgIpc) is 3.01. The van der Waals surface area contributed by atoms with Crippen LogP contribution in [0, 0.1) is 5.41 Å². The first kappa shape index (κ1) is 15.8. The van der Waals surface area contributed by atoms with Gasteiger partial charge < -0.3 is 10.0 Å². The summed E-state index contributed by atoms with van der Waals surface area (Å²) in [5.41, 5.74) is -0.183. The van der Waals surface area contributed by atoms with Crippen LogP contribution in [0.25, 0.3) is 0 Å². The van der Waals surface area contributed by atoms with Crippen LogP contribution in [0.2, 0.25) is 0 Å². The van der Waals surface area contributed by atoms with Gasteiger partial charge in [-0.05, 0) is 31.7 Å². The van der Waals surface area contributed by atoms with Gasteiger partial charge in [0.2, 0.25) is 5.91 Å². The number of aryl methyl sites for hydroxylation is 1. The second-order valence-corrected chi connectivity index (χ2v) is 5.94. The number of aliphatic hydroxyl groups excluding tert-OH is 1. The molecule has 116 valence electrons. The van der Waals surface area contributed by atoms with E-state index in [1.165, 1.54) is 0 Å². The maximum absolute atomic E-state index is 12.3. The van der Waals surface area contributed by atoms with Crippen LogP contribution in [0.15, 0.2) is 31.1 Å². The van der Waals surface area contributed by atoms with Gasteiger partial charge in [0, 0.05) is 43.9 Å². The molecule has 1 amide bonds. The molecule has 1 saturated heterocycles. The van der Waals surface area contributed by atoms with Crippen LogP contribution in [0.4, 0.5) is 0 Å². The fourth-order valence-electron chi connectivity index (χ4n) is 3.07. The summed E-state index contributed by atoms with van der Waals surface area (Å²) in [6.45, 7) is 6.11. The van der Waals surface area contributed by atoms with E-state index in [1.54, 1.807) is 6.20 Å². The fraction of sp³-hybridized carbons (Fsp3) is 0.625. The van der Waals surface area contributed by atoms with Crippen LogP contribution in [-0.2, 0) is 11.3 Å². The van der Waals surface area contributed by atoms with Crippen LogP contribution < -0.4 is 0 Å². The van der Waals surface area contributed by atoms with E-state index in [2.05, 4.69) is 11.7 Å². The van der Waals surface area contributed by atoms with Gasteiger partial charge in [-0.3, -0.25) is 9.48 Å². The molecule has 1 aromatic heterocycles. The van der Waals surface area contributed by atoms with E-state index < -0.39 is 0 Å². The molecular weight excluding hydrogens is 266 g/mol. The molecule has 2 rings (SSSR count). The molecule has 0 unspecified atom stereocenters. The smallest absolute Gasteiger partial charge is 0.222 e. The lowest BCUT2D eigenvalue weighted by atomic mass is 9.77. The minimum Gasteiger partial charge on any atom is -0.396 e. The second-order valence-electron chi connectivity index (χ2n) is 5.94. The van der Waals surface area contributed by atoms with Gasteiger partial charge in [-0.15, -0.1) is 6.58 Å². The number of amides is 1. The molecule has 0 radical (unpaired) electrons. The molecule has 1 aliphatic rings. The Labute approximate surface area is 126 Å². The Bertz CT molecular complexity index is 458. The summed E-state index contributed by atoms with van der Waals surface area (Å²) in [7, 11) is 0. The average molecular weight is 291 g/mol. The Morgan fingerprint density at radius 3 is 3.05 bits per heavy atom. The van der Waals surface area contributed by atoms with E-state index in [0.717, 1.165) is 38.8 Å². The van der Waals surface area contributed by atoms with Crippen LogP contribution >= 0.6 is 0 Å². The molecule has 1 fully saturated rings. The zero-order chi connectivity index (χ0) is 15.1. The number of aliphatic hydroxyl groups is 1. The van der Waals surface area contributed by atoms with E-state index in [0.29, 0.717) is 13.0 Å². The largest absolute Gasteiger partial charge is 0.396 e. The van der Waals surface area contributed by atoms with Crippen molar-refractivity contribution in [2.45, 2.75) is 38.6 Å². The summed E-state index contributed by atoms with van der Waals surface area (Å²) in [4.78, 5) is 14.2.